The molecule has 98 valence electrons. The summed E-state index contributed by atoms with van der Waals surface area (Å²) in [4.78, 5) is 2.62. The van der Waals surface area contributed by atoms with E-state index in [1.807, 2.05) is 0 Å². The third kappa shape index (κ3) is 2.53. The molecule has 3 fully saturated rings. The minimum atomic E-state index is 0.534. The molecule has 0 aromatic heterocycles. The van der Waals surface area contributed by atoms with Crippen molar-refractivity contribution in [1.82, 2.24) is 10.2 Å². The Balaban J connectivity index is 1.48. The maximum Gasteiger partial charge on any atom is 0.00450 e. The Morgan fingerprint density at radius 1 is 1.29 bits per heavy atom. The lowest BCUT2D eigenvalue weighted by Gasteiger charge is -2.33. The van der Waals surface area contributed by atoms with E-state index in [2.05, 4.69) is 24.2 Å². The van der Waals surface area contributed by atoms with Gasteiger partial charge in [-0.1, -0.05) is 13.3 Å². The zero-order valence-electron chi connectivity index (χ0n) is 11.5. The average molecular weight is 236 g/mol. The van der Waals surface area contributed by atoms with Crippen LogP contribution in [0, 0.1) is 23.2 Å². The van der Waals surface area contributed by atoms with Gasteiger partial charge in [-0.2, -0.15) is 0 Å². The molecule has 17 heavy (non-hydrogen) atoms. The van der Waals surface area contributed by atoms with Gasteiger partial charge in [0.2, 0.25) is 0 Å². The van der Waals surface area contributed by atoms with E-state index in [4.69, 9.17) is 0 Å². The zero-order chi connectivity index (χ0) is 11.9. The molecule has 0 aromatic carbocycles. The predicted octanol–water partition coefficient (Wildman–Crippen LogP) is 2.35. The molecule has 1 heterocycles. The second-order valence-electron chi connectivity index (χ2n) is 7.37. The van der Waals surface area contributed by atoms with E-state index in [1.165, 1.54) is 51.9 Å². The van der Waals surface area contributed by atoms with E-state index in [0.717, 1.165) is 17.8 Å². The standard InChI is InChI=1S/C15H28N2/c1-15(5-6-16-10-15)11-17(2)9-14-8-12-3-4-13(14)7-12/h12-14,16H,3-11H2,1-2H3. The predicted molar refractivity (Wildman–Crippen MR) is 72.0 cm³/mol. The number of hydrogen-bond acceptors (Lipinski definition) is 2. The Kier molecular flexibility index (Phi) is 3.20. The van der Waals surface area contributed by atoms with Crippen LogP contribution in [0.2, 0.25) is 0 Å². The van der Waals surface area contributed by atoms with Crippen molar-refractivity contribution < 1.29 is 0 Å². The van der Waals surface area contributed by atoms with E-state index in [-0.39, 0.29) is 0 Å². The van der Waals surface area contributed by atoms with Crippen LogP contribution < -0.4 is 5.32 Å². The van der Waals surface area contributed by atoms with Gasteiger partial charge in [-0.25, -0.2) is 0 Å². The van der Waals surface area contributed by atoms with Gasteiger partial charge in [0.25, 0.3) is 0 Å². The van der Waals surface area contributed by atoms with Crippen LogP contribution in [-0.2, 0) is 0 Å². The number of fused-ring (bicyclic) bond motifs is 2. The molecule has 4 unspecified atom stereocenters. The quantitative estimate of drug-likeness (QED) is 0.806. The third-order valence-electron chi connectivity index (χ3n) is 5.54. The average Bonchev–Trinajstić information content (AvgIpc) is 2.93. The van der Waals surface area contributed by atoms with Crippen molar-refractivity contribution in [3.8, 4) is 0 Å². The van der Waals surface area contributed by atoms with Crippen molar-refractivity contribution in [3.05, 3.63) is 0 Å². The molecule has 2 nitrogen and oxygen atoms in total. The Morgan fingerprint density at radius 3 is 2.76 bits per heavy atom. The summed E-state index contributed by atoms with van der Waals surface area (Å²) >= 11 is 0. The van der Waals surface area contributed by atoms with Crippen LogP contribution in [-0.4, -0.2) is 38.1 Å². The van der Waals surface area contributed by atoms with Gasteiger partial charge in [0.05, 0.1) is 0 Å². The Hall–Kier alpha value is -0.0800. The fourth-order valence-electron chi connectivity index (χ4n) is 4.72. The van der Waals surface area contributed by atoms with E-state index in [9.17, 15) is 0 Å². The highest BCUT2D eigenvalue weighted by Gasteiger charge is 2.40. The largest absolute Gasteiger partial charge is 0.316 e. The summed E-state index contributed by atoms with van der Waals surface area (Å²) in [6.45, 7) is 7.53. The second-order valence-corrected chi connectivity index (χ2v) is 7.37. The van der Waals surface area contributed by atoms with Crippen LogP contribution in [0.5, 0.6) is 0 Å². The van der Waals surface area contributed by atoms with E-state index < -0.39 is 0 Å². The van der Waals surface area contributed by atoms with Crippen LogP contribution in [0.25, 0.3) is 0 Å². The fourth-order valence-corrected chi connectivity index (χ4v) is 4.72. The van der Waals surface area contributed by atoms with Crippen molar-refractivity contribution in [2.24, 2.45) is 23.2 Å². The molecule has 2 bridgehead atoms. The maximum absolute atomic E-state index is 3.51. The van der Waals surface area contributed by atoms with Gasteiger partial charge in [0.15, 0.2) is 0 Å². The van der Waals surface area contributed by atoms with Gasteiger partial charge in [0.1, 0.15) is 0 Å². The molecule has 4 atom stereocenters. The van der Waals surface area contributed by atoms with Crippen LogP contribution in [0.1, 0.15) is 39.0 Å². The first-order chi connectivity index (χ1) is 8.15. The van der Waals surface area contributed by atoms with Crippen molar-refractivity contribution in [2.75, 3.05) is 33.2 Å². The monoisotopic (exact) mass is 236 g/mol. The number of hydrogen-bond donors (Lipinski definition) is 1. The topological polar surface area (TPSA) is 15.3 Å². The Bertz CT molecular complexity index is 270. The smallest absolute Gasteiger partial charge is 0.00450 e. The SMILES string of the molecule is CN(CC1CC2CCC1C2)CC1(C)CCNC1. The Labute approximate surface area is 106 Å². The first-order valence-electron chi connectivity index (χ1n) is 7.54. The summed E-state index contributed by atoms with van der Waals surface area (Å²) in [5, 5.41) is 3.51. The van der Waals surface area contributed by atoms with Gasteiger partial charge in [-0.15, -0.1) is 0 Å². The molecule has 0 spiro atoms. The molecule has 1 N–H and O–H groups in total. The van der Waals surface area contributed by atoms with Crippen LogP contribution in [0.15, 0.2) is 0 Å². The van der Waals surface area contributed by atoms with Crippen molar-refractivity contribution in [2.45, 2.75) is 39.0 Å². The highest BCUT2D eigenvalue weighted by molar-refractivity contribution is 4.92. The molecular formula is C15H28N2. The summed E-state index contributed by atoms with van der Waals surface area (Å²) in [6.07, 6.45) is 7.50. The first kappa shape index (κ1) is 12.0. The molecule has 0 aromatic rings. The molecule has 2 saturated carbocycles. The van der Waals surface area contributed by atoms with Crippen molar-refractivity contribution >= 4 is 0 Å². The van der Waals surface area contributed by atoms with Gasteiger partial charge < -0.3 is 10.2 Å². The number of nitrogens with one attached hydrogen (secondary N) is 1. The minimum Gasteiger partial charge on any atom is -0.316 e. The van der Waals surface area contributed by atoms with Crippen LogP contribution in [0.3, 0.4) is 0 Å². The van der Waals surface area contributed by atoms with E-state index in [0.29, 0.717) is 5.41 Å². The summed E-state index contributed by atoms with van der Waals surface area (Å²) in [7, 11) is 2.34. The lowest BCUT2D eigenvalue weighted by Crippen LogP contribution is -2.38. The summed E-state index contributed by atoms with van der Waals surface area (Å²) < 4.78 is 0. The van der Waals surface area contributed by atoms with Crippen LogP contribution in [0.4, 0.5) is 0 Å². The molecule has 1 aliphatic heterocycles. The molecule has 0 amide bonds. The summed E-state index contributed by atoms with van der Waals surface area (Å²) in [6, 6.07) is 0. The fraction of sp³-hybridized carbons (Fsp3) is 1.00. The van der Waals surface area contributed by atoms with Crippen molar-refractivity contribution in [3.63, 3.8) is 0 Å². The molecule has 0 radical (unpaired) electrons. The van der Waals surface area contributed by atoms with E-state index in [1.54, 1.807) is 6.42 Å². The molecule has 1 saturated heterocycles. The maximum atomic E-state index is 3.51. The first-order valence-corrected chi connectivity index (χ1v) is 7.54. The van der Waals surface area contributed by atoms with Crippen molar-refractivity contribution in [1.29, 1.82) is 0 Å². The van der Waals surface area contributed by atoms with Gasteiger partial charge in [0, 0.05) is 19.6 Å². The summed E-state index contributed by atoms with van der Waals surface area (Å²) in [5.41, 5.74) is 0.534. The summed E-state index contributed by atoms with van der Waals surface area (Å²) in [5.74, 6) is 3.20. The molecule has 2 aliphatic carbocycles. The van der Waals surface area contributed by atoms with Gasteiger partial charge >= 0.3 is 0 Å². The molecular weight excluding hydrogens is 208 g/mol. The van der Waals surface area contributed by atoms with Gasteiger partial charge in [-0.3, -0.25) is 0 Å². The molecule has 3 aliphatic rings. The lowest BCUT2D eigenvalue weighted by atomic mass is 9.86. The minimum absolute atomic E-state index is 0.534. The molecule has 2 heteroatoms. The zero-order valence-corrected chi connectivity index (χ0v) is 11.5. The number of rotatable bonds is 4. The second kappa shape index (κ2) is 4.55. The van der Waals surface area contributed by atoms with E-state index >= 15 is 0 Å². The highest BCUT2D eigenvalue weighted by Crippen LogP contribution is 2.48. The Morgan fingerprint density at radius 2 is 2.18 bits per heavy atom. The number of nitrogens with zero attached hydrogens (tertiary/aromatic N) is 1. The highest BCUT2D eigenvalue weighted by atomic mass is 15.1. The molecule has 3 rings (SSSR count). The third-order valence-corrected chi connectivity index (χ3v) is 5.54. The normalized spacial score (nSPS) is 45.0. The van der Waals surface area contributed by atoms with Gasteiger partial charge in [-0.05, 0) is 62.4 Å². The van der Waals surface area contributed by atoms with Crippen LogP contribution >= 0.6 is 0 Å². The lowest BCUT2D eigenvalue weighted by molar-refractivity contribution is 0.162.